The molecule has 0 aliphatic carbocycles. The molecule has 17 heavy (non-hydrogen) atoms. The first-order valence-electron chi connectivity index (χ1n) is 5.88. The molecule has 1 rings (SSSR count). The van der Waals surface area contributed by atoms with Crippen molar-refractivity contribution >= 4 is 21.6 Å². The van der Waals surface area contributed by atoms with E-state index in [0.29, 0.717) is 4.47 Å². The fraction of sp³-hybridized carbons (Fsp3) is 0.636. The molecule has 0 saturated carbocycles. The molecule has 1 aromatic rings. The van der Waals surface area contributed by atoms with Crippen molar-refractivity contribution in [3.05, 3.63) is 21.0 Å². The van der Waals surface area contributed by atoms with Gasteiger partial charge >= 0.3 is 0 Å². The Kier molecular flexibility index (Phi) is 6.21. The molecule has 5 nitrogen and oxygen atoms in total. The maximum atomic E-state index is 11.3. The zero-order valence-electron chi connectivity index (χ0n) is 10.3. The summed E-state index contributed by atoms with van der Waals surface area (Å²) >= 11 is 3.24. The van der Waals surface area contributed by atoms with Crippen LogP contribution in [0.15, 0.2) is 15.5 Å². The molecule has 0 aliphatic rings. The number of likely N-dealkylation sites (N-methyl/N-ethyl adjacent to an activating group) is 1. The highest BCUT2D eigenvalue weighted by molar-refractivity contribution is 9.10. The highest BCUT2D eigenvalue weighted by atomic mass is 79.9. The second kappa shape index (κ2) is 7.45. The molecule has 6 heteroatoms. The fourth-order valence-electron chi connectivity index (χ4n) is 1.60. The summed E-state index contributed by atoms with van der Waals surface area (Å²) < 4.78 is 0.506. The molecule has 0 atom stereocenters. The Morgan fingerprint density at radius 2 is 2.24 bits per heavy atom. The van der Waals surface area contributed by atoms with Crippen LogP contribution >= 0.6 is 15.9 Å². The van der Waals surface area contributed by atoms with E-state index in [1.807, 2.05) is 0 Å². The molecule has 0 amide bonds. The van der Waals surface area contributed by atoms with Crippen LogP contribution < -0.4 is 10.9 Å². The maximum absolute atomic E-state index is 11.3. The van der Waals surface area contributed by atoms with E-state index < -0.39 is 0 Å². The van der Waals surface area contributed by atoms with Crippen molar-refractivity contribution in [2.24, 2.45) is 0 Å². The largest absolute Gasteiger partial charge is 0.381 e. The Morgan fingerprint density at radius 1 is 1.47 bits per heavy atom. The van der Waals surface area contributed by atoms with Crippen LogP contribution in [-0.2, 0) is 0 Å². The van der Waals surface area contributed by atoms with Crippen LogP contribution in [0.3, 0.4) is 0 Å². The van der Waals surface area contributed by atoms with Gasteiger partial charge in [-0.1, -0.05) is 13.8 Å². The van der Waals surface area contributed by atoms with Gasteiger partial charge in [0.15, 0.2) is 0 Å². The third-order valence-electron chi connectivity index (χ3n) is 2.53. The van der Waals surface area contributed by atoms with E-state index in [1.165, 1.54) is 0 Å². The van der Waals surface area contributed by atoms with E-state index in [1.54, 1.807) is 6.20 Å². The van der Waals surface area contributed by atoms with Crippen molar-refractivity contribution in [2.75, 3.05) is 31.5 Å². The van der Waals surface area contributed by atoms with E-state index in [2.05, 4.69) is 50.2 Å². The molecule has 0 unspecified atom stereocenters. The first kappa shape index (κ1) is 14.2. The maximum Gasteiger partial charge on any atom is 0.280 e. The van der Waals surface area contributed by atoms with Crippen LogP contribution in [0.1, 0.15) is 20.3 Å². The minimum absolute atomic E-state index is 0.212. The molecular weight excluding hydrogens is 284 g/mol. The average Bonchev–Trinajstić information content (AvgIpc) is 2.33. The minimum atomic E-state index is -0.212. The van der Waals surface area contributed by atoms with Crippen molar-refractivity contribution in [1.82, 2.24) is 15.1 Å². The molecule has 0 saturated heterocycles. The number of aromatic amines is 1. The second-order valence-electron chi connectivity index (χ2n) is 3.79. The predicted octanol–water partition coefficient (Wildman–Crippen LogP) is 1.68. The Hall–Kier alpha value is -0.880. The summed E-state index contributed by atoms with van der Waals surface area (Å²) in [4.78, 5) is 13.6. The van der Waals surface area contributed by atoms with Gasteiger partial charge in [-0.25, -0.2) is 5.10 Å². The number of hydrogen-bond donors (Lipinski definition) is 2. The molecule has 0 spiro atoms. The van der Waals surface area contributed by atoms with E-state index in [4.69, 9.17) is 0 Å². The normalized spacial score (nSPS) is 10.8. The summed E-state index contributed by atoms with van der Waals surface area (Å²) in [7, 11) is 0. The van der Waals surface area contributed by atoms with Gasteiger partial charge in [-0.15, -0.1) is 0 Å². The lowest BCUT2D eigenvalue weighted by atomic mass is 10.4. The first-order valence-corrected chi connectivity index (χ1v) is 6.67. The van der Waals surface area contributed by atoms with Crippen LogP contribution in [0.2, 0.25) is 0 Å². The fourth-order valence-corrected chi connectivity index (χ4v) is 1.93. The molecule has 0 aliphatic heterocycles. The smallest absolute Gasteiger partial charge is 0.280 e. The molecule has 96 valence electrons. The number of hydrogen-bond acceptors (Lipinski definition) is 4. The number of rotatable bonds is 7. The molecular formula is C11H19BrN4O. The standard InChI is InChI=1S/C11H19BrN4O/c1-3-6-16(4-2)7-5-13-9-8-14-15-11(17)10(9)12/h8H,3-7H2,1-2H3,(H2,13,15,17). The number of halogens is 1. The Bertz CT molecular complexity index is 393. The van der Waals surface area contributed by atoms with Crippen molar-refractivity contribution in [3.63, 3.8) is 0 Å². The van der Waals surface area contributed by atoms with E-state index in [9.17, 15) is 4.79 Å². The van der Waals surface area contributed by atoms with Gasteiger partial charge in [-0.05, 0) is 35.4 Å². The quantitative estimate of drug-likeness (QED) is 0.804. The summed E-state index contributed by atoms with van der Waals surface area (Å²) in [5.74, 6) is 0. The summed E-state index contributed by atoms with van der Waals surface area (Å²) in [6, 6.07) is 0. The van der Waals surface area contributed by atoms with Crippen LogP contribution in [0.25, 0.3) is 0 Å². The van der Waals surface area contributed by atoms with E-state index in [0.717, 1.165) is 38.3 Å². The Morgan fingerprint density at radius 3 is 2.88 bits per heavy atom. The lowest BCUT2D eigenvalue weighted by Crippen LogP contribution is -2.30. The van der Waals surface area contributed by atoms with Gasteiger partial charge in [0.25, 0.3) is 5.56 Å². The van der Waals surface area contributed by atoms with Crippen LogP contribution in [0.4, 0.5) is 5.69 Å². The van der Waals surface area contributed by atoms with Gasteiger partial charge in [0, 0.05) is 13.1 Å². The molecule has 1 aromatic heterocycles. The summed E-state index contributed by atoms with van der Waals surface area (Å²) in [6.07, 6.45) is 2.77. The molecule has 1 heterocycles. The zero-order valence-corrected chi connectivity index (χ0v) is 11.9. The summed E-state index contributed by atoms with van der Waals surface area (Å²) in [5.41, 5.74) is 0.525. The van der Waals surface area contributed by atoms with Crippen molar-refractivity contribution in [3.8, 4) is 0 Å². The number of anilines is 1. The lowest BCUT2D eigenvalue weighted by Gasteiger charge is -2.19. The number of nitrogens with zero attached hydrogens (tertiary/aromatic N) is 2. The van der Waals surface area contributed by atoms with Crippen molar-refractivity contribution < 1.29 is 0 Å². The lowest BCUT2D eigenvalue weighted by molar-refractivity contribution is 0.300. The first-order chi connectivity index (χ1) is 8.19. The topological polar surface area (TPSA) is 61.0 Å². The second-order valence-corrected chi connectivity index (χ2v) is 4.58. The zero-order chi connectivity index (χ0) is 12.7. The number of H-pyrrole nitrogens is 1. The third-order valence-corrected chi connectivity index (χ3v) is 3.31. The number of nitrogens with one attached hydrogen (secondary N) is 2. The average molecular weight is 303 g/mol. The summed E-state index contributed by atoms with van der Waals surface area (Å²) in [5, 5.41) is 9.33. The Balaban J connectivity index is 2.45. The van der Waals surface area contributed by atoms with Gasteiger partial charge in [0.05, 0.1) is 11.9 Å². The van der Waals surface area contributed by atoms with Gasteiger partial charge in [0.2, 0.25) is 0 Å². The predicted molar refractivity (Wildman–Crippen MR) is 73.5 cm³/mol. The van der Waals surface area contributed by atoms with Crippen molar-refractivity contribution in [2.45, 2.75) is 20.3 Å². The van der Waals surface area contributed by atoms with Crippen LogP contribution in [0, 0.1) is 0 Å². The van der Waals surface area contributed by atoms with Crippen LogP contribution in [-0.4, -0.2) is 41.3 Å². The van der Waals surface area contributed by atoms with Gasteiger partial charge < -0.3 is 10.2 Å². The van der Waals surface area contributed by atoms with E-state index in [-0.39, 0.29) is 5.56 Å². The Labute approximate surface area is 110 Å². The van der Waals surface area contributed by atoms with Gasteiger partial charge in [-0.3, -0.25) is 4.79 Å². The highest BCUT2D eigenvalue weighted by Crippen LogP contribution is 2.14. The molecule has 0 fully saturated rings. The SMILES string of the molecule is CCCN(CC)CCNc1cn[nH]c(=O)c1Br. The number of aromatic nitrogens is 2. The summed E-state index contributed by atoms with van der Waals surface area (Å²) in [6.45, 7) is 8.24. The monoisotopic (exact) mass is 302 g/mol. The highest BCUT2D eigenvalue weighted by Gasteiger charge is 2.04. The third kappa shape index (κ3) is 4.47. The molecule has 2 N–H and O–H groups in total. The van der Waals surface area contributed by atoms with Gasteiger partial charge in [0.1, 0.15) is 4.47 Å². The minimum Gasteiger partial charge on any atom is -0.381 e. The van der Waals surface area contributed by atoms with Crippen LogP contribution in [0.5, 0.6) is 0 Å². The molecule has 0 bridgehead atoms. The van der Waals surface area contributed by atoms with Crippen molar-refractivity contribution in [1.29, 1.82) is 0 Å². The van der Waals surface area contributed by atoms with E-state index >= 15 is 0 Å². The van der Waals surface area contributed by atoms with Gasteiger partial charge in [-0.2, -0.15) is 5.10 Å². The molecule has 0 aromatic carbocycles. The molecule has 0 radical (unpaired) electrons.